The Morgan fingerprint density at radius 1 is 1.71 bits per heavy atom. The third-order valence-corrected chi connectivity index (χ3v) is 0.705. The number of rotatable bonds is 0. The quantitative estimate of drug-likeness (QED) is 0.413. The summed E-state index contributed by atoms with van der Waals surface area (Å²) in [7, 11) is 0. The second-order valence-corrected chi connectivity index (χ2v) is 1.21. The largest absolute Gasteiger partial charge is 0.461 e. The Morgan fingerprint density at radius 2 is 2.43 bits per heavy atom. The first kappa shape index (κ1) is 4.12. The fourth-order valence-corrected chi connectivity index (χ4v) is 0.329. The molecule has 2 heteroatoms. The zero-order chi connectivity index (χ0) is 5.28. The Hall–Kier alpha value is -1.05. The molecule has 0 aromatic carbocycles. The third-order valence-electron chi connectivity index (χ3n) is 0.705. The van der Waals surface area contributed by atoms with Gasteiger partial charge in [0.1, 0.15) is 0 Å². The molecule has 0 aliphatic carbocycles. The second kappa shape index (κ2) is 1.22. The molecule has 0 spiro atoms. The number of ether oxygens (including phenoxy) is 1. The van der Waals surface area contributed by atoms with Gasteiger partial charge in [-0.15, -0.1) is 0 Å². The first-order chi connectivity index (χ1) is 3.30. The van der Waals surface area contributed by atoms with Crippen molar-refractivity contribution in [1.82, 2.24) is 0 Å². The number of allylic oxidation sites excluding steroid dienone is 1. The molecule has 0 atom stereocenters. The molecule has 0 saturated heterocycles. The maximum Gasteiger partial charge on any atom is 0.223 e. The number of ketones is 1. The summed E-state index contributed by atoms with van der Waals surface area (Å²) < 4.78 is 4.54. The van der Waals surface area contributed by atoms with Crippen LogP contribution in [0.2, 0.25) is 0 Å². The Kier molecular flexibility index (Phi) is 0.719. The van der Waals surface area contributed by atoms with Crippen molar-refractivity contribution >= 4 is 5.78 Å². The Bertz CT molecular complexity index is 144. The molecule has 0 aromatic heterocycles. The SMILES string of the molecule is C=C1OC=CC1=O. The molecule has 1 aliphatic rings. The Balaban J connectivity index is 2.81. The van der Waals surface area contributed by atoms with E-state index in [9.17, 15) is 4.79 Å². The van der Waals surface area contributed by atoms with Crippen molar-refractivity contribution < 1.29 is 9.53 Å². The van der Waals surface area contributed by atoms with Crippen molar-refractivity contribution in [3.63, 3.8) is 0 Å². The number of carbonyl (C=O) groups excluding carboxylic acids is 1. The van der Waals surface area contributed by atoms with Crippen LogP contribution in [-0.4, -0.2) is 5.78 Å². The molecule has 1 heterocycles. The highest BCUT2D eigenvalue weighted by Crippen LogP contribution is 2.04. The molecule has 0 aromatic rings. The molecule has 0 amide bonds. The van der Waals surface area contributed by atoms with Gasteiger partial charge in [-0.3, -0.25) is 4.79 Å². The van der Waals surface area contributed by atoms with Crippen LogP contribution in [0, 0.1) is 0 Å². The van der Waals surface area contributed by atoms with Gasteiger partial charge in [0.15, 0.2) is 5.76 Å². The lowest BCUT2D eigenvalue weighted by atomic mass is 10.4. The van der Waals surface area contributed by atoms with Gasteiger partial charge >= 0.3 is 0 Å². The van der Waals surface area contributed by atoms with Crippen LogP contribution >= 0.6 is 0 Å². The van der Waals surface area contributed by atoms with Crippen molar-refractivity contribution in [2.24, 2.45) is 0 Å². The highest BCUT2D eigenvalue weighted by Gasteiger charge is 2.07. The van der Waals surface area contributed by atoms with Gasteiger partial charge in [0.05, 0.1) is 6.26 Å². The number of carbonyl (C=O) groups is 1. The molecule has 7 heavy (non-hydrogen) atoms. The van der Waals surface area contributed by atoms with Gasteiger partial charge in [0.25, 0.3) is 0 Å². The molecule has 0 saturated carbocycles. The van der Waals surface area contributed by atoms with E-state index >= 15 is 0 Å². The van der Waals surface area contributed by atoms with Gasteiger partial charge in [-0.05, 0) is 0 Å². The molecule has 0 N–H and O–H groups in total. The molecule has 1 rings (SSSR count). The van der Waals surface area contributed by atoms with E-state index in [-0.39, 0.29) is 11.5 Å². The molecule has 36 valence electrons. The summed E-state index contributed by atoms with van der Waals surface area (Å²) in [6, 6.07) is 0. The smallest absolute Gasteiger partial charge is 0.223 e. The van der Waals surface area contributed by atoms with Gasteiger partial charge in [0, 0.05) is 6.08 Å². The monoisotopic (exact) mass is 96.0 g/mol. The van der Waals surface area contributed by atoms with Crippen molar-refractivity contribution in [1.29, 1.82) is 0 Å². The van der Waals surface area contributed by atoms with Crippen molar-refractivity contribution in [2.75, 3.05) is 0 Å². The van der Waals surface area contributed by atoms with Crippen LogP contribution in [0.5, 0.6) is 0 Å². The summed E-state index contributed by atoms with van der Waals surface area (Å²) in [4.78, 5) is 10.3. The summed E-state index contributed by atoms with van der Waals surface area (Å²) in [6.07, 6.45) is 2.66. The summed E-state index contributed by atoms with van der Waals surface area (Å²) >= 11 is 0. The van der Waals surface area contributed by atoms with Gasteiger partial charge in [-0.1, -0.05) is 6.58 Å². The van der Waals surface area contributed by atoms with Crippen LogP contribution in [0.15, 0.2) is 24.7 Å². The zero-order valence-electron chi connectivity index (χ0n) is 3.68. The van der Waals surface area contributed by atoms with E-state index < -0.39 is 0 Å². The normalized spacial score (nSPS) is 17.7. The lowest BCUT2D eigenvalue weighted by molar-refractivity contribution is -0.112. The molecule has 0 bridgehead atoms. The minimum Gasteiger partial charge on any atom is -0.461 e. The fourth-order valence-electron chi connectivity index (χ4n) is 0.329. The van der Waals surface area contributed by atoms with E-state index in [2.05, 4.69) is 11.3 Å². The Labute approximate surface area is 41.1 Å². The van der Waals surface area contributed by atoms with E-state index in [0.29, 0.717) is 0 Å². The Morgan fingerprint density at radius 3 is 2.57 bits per heavy atom. The molecule has 0 fully saturated rings. The summed E-state index contributed by atoms with van der Waals surface area (Å²) in [5.41, 5.74) is 0. The van der Waals surface area contributed by atoms with Gasteiger partial charge in [-0.2, -0.15) is 0 Å². The van der Waals surface area contributed by atoms with Crippen LogP contribution in [0.3, 0.4) is 0 Å². The van der Waals surface area contributed by atoms with Gasteiger partial charge in [-0.25, -0.2) is 0 Å². The number of hydrogen-bond donors (Lipinski definition) is 0. The van der Waals surface area contributed by atoms with Crippen LogP contribution in [0.25, 0.3) is 0 Å². The lowest BCUT2D eigenvalue weighted by Crippen LogP contribution is -1.88. The van der Waals surface area contributed by atoms with Crippen LogP contribution < -0.4 is 0 Å². The van der Waals surface area contributed by atoms with E-state index in [4.69, 9.17) is 0 Å². The first-order valence-corrected chi connectivity index (χ1v) is 1.87. The van der Waals surface area contributed by atoms with Crippen molar-refractivity contribution in [3.8, 4) is 0 Å². The maximum atomic E-state index is 10.3. The van der Waals surface area contributed by atoms with Crippen LogP contribution in [-0.2, 0) is 9.53 Å². The molecule has 0 unspecified atom stereocenters. The molecule has 0 radical (unpaired) electrons. The van der Waals surface area contributed by atoms with Crippen molar-refractivity contribution in [2.45, 2.75) is 0 Å². The predicted octanol–water partition coefficient (Wildman–Crippen LogP) is 0.613. The van der Waals surface area contributed by atoms with Gasteiger partial charge < -0.3 is 4.74 Å². The van der Waals surface area contributed by atoms with E-state index in [1.165, 1.54) is 12.3 Å². The standard InChI is InChI=1S/C5H4O2/c1-4-5(6)2-3-7-4/h2-3H,1H2. The lowest BCUT2D eigenvalue weighted by Gasteiger charge is -1.85. The van der Waals surface area contributed by atoms with Crippen LogP contribution in [0.1, 0.15) is 0 Å². The minimum atomic E-state index is -0.139. The topological polar surface area (TPSA) is 26.3 Å². The van der Waals surface area contributed by atoms with Crippen LogP contribution in [0.4, 0.5) is 0 Å². The molecule has 2 nitrogen and oxygen atoms in total. The number of hydrogen-bond acceptors (Lipinski definition) is 2. The first-order valence-electron chi connectivity index (χ1n) is 1.87. The average molecular weight is 96.1 g/mol. The molecule has 1 aliphatic heterocycles. The fraction of sp³-hybridized carbons (Fsp3) is 0. The third kappa shape index (κ3) is 0.538. The van der Waals surface area contributed by atoms with E-state index in [0.717, 1.165) is 0 Å². The van der Waals surface area contributed by atoms with E-state index in [1.54, 1.807) is 0 Å². The van der Waals surface area contributed by atoms with E-state index in [1.807, 2.05) is 0 Å². The highest BCUT2D eigenvalue weighted by molar-refractivity contribution is 6.03. The van der Waals surface area contributed by atoms with Gasteiger partial charge in [0.2, 0.25) is 5.78 Å². The minimum absolute atomic E-state index is 0.139. The maximum absolute atomic E-state index is 10.3. The zero-order valence-corrected chi connectivity index (χ0v) is 3.68. The second-order valence-electron chi connectivity index (χ2n) is 1.21. The molecular weight excluding hydrogens is 92.1 g/mol. The predicted molar refractivity (Wildman–Crippen MR) is 24.4 cm³/mol. The average Bonchev–Trinajstić information content (AvgIpc) is 1.91. The van der Waals surface area contributed by atoms with Crippen molar-refractivity contribution in [3.05, 3.63) is 24.7 Å². The summed E-state index contributed by atoms with van der Waals surface area (Å²) in [6.45, 7) is 3.30. The molecular formula is C5H4O2. The summed E-state index contributed by atoms with van der Waals surface area (Å²) in [5, 5.41) is 0. The summed E-state index contributed by atoms with van der Waals surface area (Å²) in [5.74, 6) is 0.0694. The highest BCUT2D eigenvalue weighted by atomic mass is 16.5.